The van der Waals surface area contributed by atoms with Crippen LogP contribution in [0.15, 0.2) is 36.4 Å². The molecule has 0 amide bonds. The third-order valence-electron chi connectivity index (χ3n) is 4.37. The molecule has 0 radical (unpaired) electrons. The third-order valence-corrected chi connectivity index (χ3v) is 5.62. The lowest BCUT2D eigenvalue weighted by Crippen LogP contribution is -2.36. The Morgan fingerprint density at radius 2 is 2.14 bits per heavy atom. The Balaban J connectivity index is 1.79. The number of aryl methyl sites for hydroxylation is 1. The lowest BCUT2D eigenvalue weighted by atomic mass is 9.90. The molecule has 0 saturated heterocycles. The molecule has 0 aliphatic heterocycles. The first-order valence-electron chi connectivity index (χ1n) is 7.83. The minimum absolute atomic E-state index is 0.517. The first-order valence-corrected chi connectivity index (χ1v) is 9.02. The van der Waals surface area contributed by atoms with Gasteiger partial charge in [-0.05, 0) is 55.5 Å². The summed E-state index contributed by atoms with van der Waals surface area (Å²) in [6.07, 6.45) is 4.74. The minimum Gasteiger partial charge on any atom is -0.313 e. The highest BCUT2D eigenvalue weighted by molar-refractivity contribution is 7.16. The maximum atomic E-state index is 6.09. The summed E-state index contributed by atoms with van der Waals surface area (Å²) in [5, 5.41) is 3.77. The second kappa shape index (κ2) is 6.95. The maximum absolute atomic E-state index is 6.09. The van der Waals surface area contributed by atoms with Crippen LogP contribution in [0.4, 0.5) is 0 Å². The van der Waals surface area contributed by atoms with Gasteiger partial charge >= 0.3 is 0 Å². The van der Waals surface area contributed by atoms with E-state index in [1.165, 1.54) is 29.7 Å². The summed E-state index contributed by atoms with van der Waals surface area (Å²) in [7, 11) is 0. The van der Waals surface area contributed by atoms with Crippen LogP contribution in [-0.4, -0.2) is 12.6 Å². The first-order chi connectivity index (χ1) is 10.3. The number of hydrogen-bond donors (Lipinski definition) is 1. The normalized spacial score (nSPS) is 18.7. The fourth-order valence-electron chi connectivity index (χ4n) is 3.37. The topological polar surface area (TPSA) is 12.0 Å². The van der Waals surface area contributed by atoms with Gasteiger partial charge in [-0.25, -0.2) is 0 Å². The highest BCUT2D eigenvalue weighted by atomic mass is 35.5. The monoisotopic (exact) mass is 319 g/mol. The lowest BCUT2D eigenvalue weighted by molar-refractivity contribution is 0.427. The molecule has 0 bridgehead atoms. The molecule has 3 rings (SSSR count). The number of thiophene rings is 1. The van der Waals surface area contributed by atoms with Gasteiger partial charge in [0, 0.05) is 16.8 Å². The molecule has 3 heteroatoms. The highest BCUT2D eigenvalue weighted by Gasteiger charge is 2.29. The fourth-order valence-corrected chi connectivity index (χ4v) is 4.52. The molecule has 112 valence electrons. The zero-order chi connectivity index (χ0) is 14.7. The molecule has 1 aliphatic carbocycles. The van der Waals surface area contributed by atoms with Crippen LogP contribution in [0.2, 0.25) is 4.34 Å². The van der Waals surface area contributed by atoms with Crippen LogP contribution in [0, 0.1) is 0 Å². The molecule has 1 aromatic heterocycles. The van der Waals surface area contributed by atoms with Crippen molar-refractivity contribution in [2.24, 2.45) is 0 Å². The molecule has 2 aromatic rings. The van der Waals surface area contributed by atoms with E-state index in [1.807, 2.05) is 6.07 Å². The Kier molecular flexibility index (Phi) is 4.99. The molecule has 1 aromatic carbocycles. The average molecular weight is 320 g/mol. The number of fused-ring (bicyclic) bond motifs is 1. The van der Waals surface area contributed by atoms with E-state index in [4.69, 9.17) is 11.6 Å². The number of hydrogen-bond acceptors (Lipinski definition) is 2. The maximum Gasteiger partial charge on any atom is 0.0931 e. The van der Waals surface area contributed by atoms with Crippen molar-refractivity contribution in [3.63, 3.8) is 0 Å². The van der Waals surface area contributed by atoms with Crippen LogP contribution in [0.5, 0.6) is 0 Å². The van der Waals surface area contributed by atoms with E-state index >= 15 is 0 Å². The van der Waals surface area contributed by atoms with Crippen LogP contribution < -0.4 is 5.32 Å². The van der Waals surface area contributed by atoms with E-state index < -0.39 is 0 Å². The van der Waals surface area contributed by atoms with Crippen LogP contribution in [0.3, 0.4) is 0 Å². The van der Waals surface area contributed by atoms with Gasteiger partial charge in [0.1, 0.15) is 0 Å². The molecule has 1 N–H and O–H groups in total. The van der Waals surface area contributed by atoms with Crippen molar-refractivity contribution < 1.29 is 0 Å². The molecular formula is C18H22ClNS. The molecular weight excluding hydrogens is 298 g/mol. The summed E-state index contributed by atoms with van der Waals surface area (Å²) < 4.78 is 0.895. The molecule has 2 unspecified atom stereocenters. The number of benzene rings is 1. The average Bonchev–Trinajstić information content (AvgIpc) is 3.09. The van der Waals surface area contributed by atoms with E-state index in [1.54, 1.807) is 16.9 Å². The number of nitrogens with one attached hydrogen (secondary N) is 1. The van der Waals surface area contributed by atoms with E-state index in [9.17, 15) is 0 Å². The second-order valence-corrected chi connectivity index (χ2v) is 7.61. The molecule has 21 heavy (non-hydrogen) atoms. The molecule has 1 nitrogen and oxygen atoms in total. The number of halogens is 1. The lowest BCUT2D eigenvalue weighted by Gasteiger charge is -2.25. The van der Waals surface area contributed by atoms with Crippen molar-refractivity contribution in [3.8, 4) is 0 Å². The van der Waals surface area contributed by atoms with Crippen molar-refractivity contribution in [2.45, 2.75) is 44.6 Å². The number of rotatable bonds is 6. The minimum atomic E-state index is 0.517. The summed E-state index contributed by atoms with van der Waals surface area (Å²) in [4.78, 5) is 1.39. The molecule has 1 aliphatic rings. The van der Waals surface area contributed by atoms with Gasteiger partial charge in [0.25, 0.3) is 0 Å². The summed E-state index contributed by atoms with van der Waals surface area (Å²) in [5.41, 5.74) is 3.09. The van der Waals surface area contributed by atoms with Crippen LogP contribution in [0.25, 0.3) is 0 Å². The molecule has 1 heterocycles. The van der Waals surface area contributed by atoms with Crippen molar-refractivity contribution >= 4 is 22.9 Å². The van der Waals surface area contributed by atoms with Gasteiger partial charge in [-0.2, -0.15) is 0 Å². The Labute approximate surface area is 136 Å². The molecule has 0 spiro atoms. The SMILES string of the molecule is CCCNC(Cc1ccc(Cl)s1)C1CCc2ccccc21. The summed E-state index contributed by atoms with van der Waals surface area (Å²) in [6, 6.07) is 13.6. The van der Waals surface area contributed by atoms with Crippen LogP contribution in [0.1, 0.15) is 41.7 Å². The summed E-state index contributed by atoms with van der Waals surface area (Å²) in [5.74, 6) is 0.633. The van der Waals surface area contributed by atoms with Crippen LogP contribution in [-0.2, 0) is 12.8 Å². The van der Waals surface area contributed by atoms with Crippen molar-refractivity contribution in [2.75, 3.05) is 6.54 Å². The first kappa shape index (κ1) is 15.1. The Morgan fingerprint density at radius 1 is 1.29 bits per heavy atom. The largest absolute Gasteiger partial charge is 0.313 e. The zero-order valence-electron chi connectivity index (χ0n) is 12.4. The molecule has 0 fully saturated rings. The predicted molar refractivity (Wildman–Crippen MR) is 92.6 cm³/mol. The summed E-state index contributed by atoms with van der Waals surface area (Å²) >= 11 is 7.80. The summed E-state index contributed by atoms with van der Waals surface area (Å²) in [6.45, 7) is 3.32. The van der Waals surface area contributed by atoms with Gasteiger partial charge in [-0.1, -0.05) is 42.8 Å². The second-order valence-electron chi connectivity index (χ2n) is 5.81. The van der Waals surface area contributed by atoms with Crippen molar-refractivity contribution in [1.82, 2.24) is 5.32 Å². The zero-order valence-corrected chi connectivity index (χ0v) is 14.0. The van der Waals surface area contributed by atoms with E-state index in [2.05, 4.69) is 42.6 Å². The fraction of sp³-hybridized carbons (Fsp3) is 0.444. The van der Waals surface area contributed by atoms with Gasteiger partial charge in [-0.15, -0.1) is 11.3 Å². The van der Waals surface area contributed by atoms with Gasteiger partial charge < -0.3 is 5.32 Å². The third kappa shape index (κ3) is 3.50. The van der Waals surface area contributed by atoms with E-state index in [0.29, 0.717) is 12.0 Å². The van der Waals surface area contributed by atoms with Crippen molar-refractivity contribution in [1.29, 1.82) is 0 Å². The molecule has 0 saturated carbocycles. The van der Waals surface area contributed by atoms with Crippen molar-refractivity contribution in [3.05, 3.63) is 56.7 Å². The highest BCUT2D eigenvalue weighted by Crippen LogP contribution is 2.37. The van der Waals surface area contributed by atoms with Gasteiger partial charge in [0.15, 0.2) is 0 Å². The Hall–Kier alpha value is -0.830. The standard InChI is InChI=1S/C18H22ClNS/c1-2-11-20-17(12-14-8-10-18(19)21-14)16-9-7-13-5-3-4-6-15(13)16/h3-6,8,10,16-17,20H,2,7,9,11-12H2,1H3. The van der Waals surface area contributed by atoms with Gasteiger partial charge in [0.05, 0.1) is 4.34 Å². The van der Waals surface area contributed by atoms with E-state index in [-0.39, 0.29) is 0 Å². The van der Waals surface area contributed by atoms with E-state index in [0.717, 1.165) is 17.3 Å². The van der Waals surface area contributed by atoms with Gasteiger partial charge in [0.2, 0.25) is 0 Å². The smallest absolute Gasteiger partial charge is 0.0931 e. The van der Waals surface area contributed by atoms with Crippen LogP contribution >= 0.6 is 22.9 Å². The predicted octanol–water partition coefficient (Wildman–Crippen LogP) is 5.04. The van der Waals surface area contributed by atoms with Gasteiger partial charge in [-0.3, -0.25) is 0 Å². The Morgan fingerprint density at radius 3 is 2.90 bits per heavy atom. The quantitative estimate of drug-likeness (QED) is 0.786. The Bertz CT molecular complexity index is 592. The molecule has 2 atom stereocenters.